The van der Waals surface area contributed by atoms with E-state index >= 15 is 0 Å². The molecule has 0 saturated carbocycles. The lowest BCUT2D eigenvalue weighted by Crippen LogP contribution is -2.14. The largest absolute Gasteiger partial charge is 0.302 e. The minimum atomic E-state index is -0.202. The molecular formula is C16H13BrFN. The van der Waals surface area contributed by atoms with Crippen LogP contribution in [0.3, 0.4) is 0 Å². The fourth-order valence-corrected chi connectivity index (χ4v) is 2.01. The Morgan fingerprint density at radius 1 is 1.11 bits per heavy atom. The van der Waals surface area contributed by atoms with Gasteiger partial charge in [0.1, 0.15) is 5.82 Å². The summed E-state index contributed by atoms with van der Waals surface area (Å²) in [6, 6.07) is 14.7. The molecule has 0 amide bonds. The van der Waals surface area contributed by atoms with E-state index < -0.39 is 0 Å². The quantitative estimate of drug-likeness (QED) is 0.672. The molecule has 19 heavy (non-hydrogen) atoms. The molecule has 0 radical (unpaired) electrons. The molecule has 1 nitrogen and oxygen atoms in total. The molecule has 0 fully saturated rings. The second-order valence-electron chi connectivity index (χ2n) is 4.01. The normalized spacial score (nSPS) is 9.79. The average molecular weight is 318 g/mol. The van der Waals surface area contributed by atoms with Crippen molar-refractivity contribution in [1.82, 2.24) is 5.32 Å². The zero-order valence-corrected chi connectivity index (χ0v) is 11.9. The molecule has 0 unspecified atom stereocenters. The maximum absolute atomic E-state index is 13.4. The Labute approximate surface area is 121 Å². The first-order valence-corrected chi connectivity index (χ1v) is 6.73. The van der Waals surface area contributed by atoms with E-state index in [0.29, 0.717) is 18.7 Å². The molecule has 0 aliphatic carbocycles. The minimum absolute atomic E-state index is 0.202. The molecule has 0 aliphatic rings. The molecule has 0 aliphatic heterocycles. The molecular weight excluding hydrogens is 305 g/mol. The van der Waals surface area contributed by atoms with Crippen LogP contribution in [0.15, 0.2) is 53.0 Å². The number of rotatable bonds is 3. The van der Waals surface area contributed by atoms with Crippen molar-refractivity contribution in [1.29, 1.82) is 0 Å². The van der Waals surface area contributed by atoms with Crippen LogP contribution in [-0.2, 0) is 6.54 Å². The van der Waals surface area contributed by atoms with Crippen LogP contribution in [-0.4, -0.2) is 6.54 Å². The van der Waals surface area contributed by atoms with E-state index in [2.05, 4.69) is 33.1 Å². The maximum atomic E-state index is 13.4. The first kappa shape index (κ1) is 13.8. The monoisotopic (exact) mass is 317 g/mol. The van der Waals surface area contributed by atoms with Crippen molar-refractivity contribution in [2.75, 3.05) is 6.54 Å². The number of hydrogen-bond donors (Lipinski definition) is 1. The Morgan fingerprint density at radius 2 is 1.89 bits per heavy atom. The van der Waals surface area contributed by atoms with Crippen LogP contribution >= 0.6 is 15.9 Å². The van der Waals surface area contributed by atoms with Crippen molar-refractivity contribution >= 4 is 15.9 Å². The van der Waals surface area contributed by atoms with Gasteiger partial charge in [-0.3, -0.25) is 0 Å². The van der Waals surface area contributed by atoms with Crippen molar-refractivity contribution in [3.05, 3.63) is 69.9 Å². The van der Waals surface area contributed by atoms with Crippen LogP contribution < -0.4 is 5.32 Å². The van der Waals surface area contributed by atoms with E-state index in [1.165, 1.54) is 6.07 Å². The highest BCUT2D eigenvalue weighted by atomic mass is 79.9. The van der Waals surface area contributed by atoms with Gasteiger partial charge in [-0.15, -0.1) is 0 Å². The smallest absolute Gasteiger partial charge is 0.127 e. The summed E-state index contributed by atoms with van der Waals surface area (Å²) in [5.41, 5.74) is 1.62. The first-order valence-electron chi connectivity index (χ1n) is 5.94. The number of hydrogen-bond acceptors (Lipinski definition) is 1. The fraction of sp³-hybridized carbons (Fsp3) is 0.125. The van der Waals surface area contributed by atoms with Gasteiger partial charge in [0, 0.05) is 22.1 Å². The van der Waals surface area contributed by atoms with Crippen LogP contribution in [0.1, 0.15) is 11.1 Å². The average Bonchev–Trinajstić information content (AvgIpc) is 2.43. The Morgan fingerprint density at radius 3 is 2.68 bits per heavy atom. The molecule has 0 aromatic heterocycles. The van der Waals surface area contributed by atoms with Crippen LogP contribution in [0.5, 0.6) is 0 Å². The summed E-state index contributed by atoms with van der Waals surface area (Å²) in [7, 11) is 0. The van der Waals surface area contributed by atoms with Gasteiger partial charge in [-0.25, -0.2) is 4.39 Å². The molecule has 0 heterocycles. The number of benzene rings is 2. The Hall–Kier alpha value is -1.63. The van der Waals surface area contributed by atoms with Crippen molar-refractivity contribution in [2.24, 2.45) is 0 Å². The molecule has 3 heteroatoms. The molecule has 1 N–H and O–H groups in total. The van der Waals surface area contributed by atoms with Gasteiger partial charge in [0.2, 0.25) is 0 Å². The third-order valence-corrected chi connectivity index (χ3v) is 3.04. The summed E-state index contributed by atoms with van der Waals surface area (Å²) < 4.78 is 14.3. The SMILES string of the molecule is Fc1ccc(Br)cc1CNCC#Cc1ccccc1. The summed E-state index contributed by atoms with van der Waals surface area (Å²) in [5.74, 6) is 5.85. The minimum Gasteiger partial charge on any atom is -0.302 e. The van der Waals surface area contributed by atoms with Crippen LogP contribution in [0, 0.1) is 17.7 Å². The van der Waals surface area contributed by atoms with Crippen molar-refractivity contribution in [2.45, 2.75) is 6.54 Å². The topological polar surface area (TPSA) is 12.0 Å². The fourth-order valence-electron chi connectivity index (χ4n) is 1.61. The zero-order valence-electron chi connectivity index (χ0n) is 10.3. The van der Waals surface area contributed by atoms with Gasteiger partial charge in [0.05, 0.1) is 6.54 Å². The number of nitrogens with one attached hydrogen (secondary N) is 1. The molecule has 2 aromatic carbocycles. The predicted molar refractivity (Wildman–Crippen MR) is 79.1 cm³/mol. The maximum Gasteiger partial charge on any atom is 0.127 e. The van der Waals surface area contributed by atoms with Gasteiger partial charge in [-0.05, 0) is 30.3 Å². The van der Waals surface area contributed by atoms with Gasteiger partial charge in [-0.2, -0.15) is 0 Å². The lowest BCUT2D eigenvalue weighted by Gasteiger charge is -2.03. The molecule has 2 aromatic rings. The molecule has 96 valence electrons. The first-order chi connectivity index (χ1) is 9.25. The summed E-state index contributed by atoms with van der Waals surface area (Å²) in [5, 5.41) is 3.11. The Kier molecular flexibility index (Phi) is 5.14. The van der Waals surface area contributed by atoms with Crippen LogP contribution in [0.4, 0.5) is 4.39 Å². The lowest BCUT2D eigenvalue weighted by atomic mass is 10.2. The third kappa shape index (κ3) is 4.51. The van der Waals surface area contributed by atoms with E-state index in [0.717, 1.165) is 10.0 Å². The molecule has 0 bridgehead atoms. The van der Waals surface area contributed by atoms with E-state index in [-0.39, 0.29) is 5.82 Å². The van der Waals surface area contributed by atoms with Crippen molar-refractivity contribution in [3.63, 3.8) is 0 Å². The molecule has 2 rings (SSSR count). The zero-order chi connectivity index (χ0) is 13.5. The number of halogens is 2. The van der Waals surface area contributed by atoms with Gasteiger partial charge < -0.3 is 5.32 Å². The van der Waals surface area contributed by atoms with E-state index in [4.69, 9.17) is 0 Å². The van der Waals surface area contributed by atoms with Crippen LogP contribution in [0.2, 0.25) is 0 Å². The van der Waals surface area contributed by atoms with Gasteiger partial charge in [0.25, 0.3) is 0 Å². The van der Waals surface area contributed by atoms with Crippen molar-refractivity contribution < 1.29 is 4.39 Å². The predicted octanol–water partition coefficient (Wildman–Crippen LogP) is 3.73. The van der Waals surface area contributed by atoms with Gasteiger partial charge in [0.15, 0.2) is 0 Å². The second-order valence-corrected chi connectivity index (χ2v) is 4.92. The third-order valence-electron chi connectivity index (χ3n) is 2.54. The standard InChI is InChI=1S/C16H13BrFN/c17-15-8-9-16(18)14(11-15)12-19-10-4-7-13-5-2-1-3-6-13/h1-3,5-6,8-9,11,19H,10,12H2. The molecule has 0 saturated heterocycles. The van der Waals surface area contributed by atoms with E-state index in [1.54, 1.807) is 12.1 Å². The Bertz CT molecular complexity index is 599. The second kappa shape index (κ2) is 7.08. The van der Waals surface area contributed by atoms with E-state index in [1.807, 2.05) is 30.3 Å². The summed E-state index contributed by atoms with van der Waals surface area (Å²) >= 11 is 3.33. The van der Waals surface area contributed by atoms with Gasteiger partial charge in [-0.1, -0.05) is 46.0 Å². The summed E-state index contributed by atoms with van der Waals surface area (Å²) in [6.45, 7) is 0.996. The van der Waals surface area contributed by atoms with Gasteiger partial charge >= 0.3 is 0 Å². The molecule has 0 atom stereocenters. The highest BCUT2D eigenvalue weighted by Gasteiger charge is 2.01. The van der Waals surface area contributed by atoms with Crippen LogP contribution in [0.25, 0.3) is 0 Å². The molecule has 0 spiro atoms. The summed E-state index contributed by atoms with van der Waals surface area (Å²) in [4.78, 5) is 0. The highest BCUT2D eigenvalue weighted by molar-refractivity contribution is 9.10. The highest BCUT2D eigenvalue weighted by Crippen LogP contribution is 2.15. The van der Waals surface area contributed by atoms with E-state index in [9.17, 15) is 4.39 Å². The lowest BCUT2D eigenvalue weighted by molar-refractivity contribution is 0.597. The van der Waals surface area contributed by atoms with Crippen molar-refractivity contribution in [3.8, 4) is 11.8 Å². The summed E-state index contributed by atoms with van der Waals surface area (Å²) in [6.07, 6.45) is 0. The Balaban J connectivity index is 1.84.